The average Bonchev–Trinajstić information content (AvgIpc) is 3.06. The number of methoxy groups -OCH3 is 1. The van der Waals surface area contributed by atoms with Gasteiger partial charge in [0.05, 0.1) is 17.3 Å². The molecule has 2 aliphatic rings. The number of likely N-dealkylation sites (tertiary alicyclic amines) is 1. The Morgan fingerprint density at radius 2 is 1.95 bits per heavy atom. The Labute approximate surface area is 122 Å². The van der Waals surface area contributed by atoms with Gasteiger partial charge in [0, 0.05) is 32.9 Å². The minimum Gasteiger partial charge on any atom is -0.377 e. The summed E-state index contributed by atoms with van der Waals surface area (Å²) in [5.41, 5.74) is 1.72. The first-order chi connectivity index (χ1) is 9.59. The zero-order chi connectivity index (χ0) is 14.2. The first kappa shape index (κ1) is 14.1. The van der Waals surface area contributed by atoms with Crippen molar-refractivity contribution in [3.8, 4) is 0 Å². The van der Waals surface area contributed by atoms with Gasteiger partial charge in [0.1, 0.15) is 0 Å². The Hall–Kier alpha value is -0.870. The molecule has 1 aliphatic carbocycles. The Morgan fingerprint density at radius 1 is 1.25 bits per heavy atom. The molecular formula is C16H27N3O. The van der Waals surface area contributed by atoms with Crippen molar-refractivity contribution in [1.82, 2.24) is 14.7 Å². The van der Waals surface area contributed by atoms with Crippen LogP contribution in [0.3, 0.4) is 0 Å². The van der Waals surface area contributed by atoms with E-state index in [4.69, 9.17) is 4.74 Å². The average molecular weight is 277 g/mol. The maximum atomic E-state index is 5.65. The van der Waals surface area contributed by atoms with Gasteiger partial charge in [-0.15, -0.1) is 0 Å². The third kappa shape index (κ3) is 2.63. The number of aromatic nitrogens is 2. The molecule has 2 heterocycles. The van der Waals surface area contributed by atoms with Gasteiger partial charge in [0.2, 0.25) is 0 Å². The molecular weight excluding hydrogens is 250 g/mol. The van der Waals surface area contributed by atoms with Crippen LogP contribution in [0.2, 0.25) is 0 Å². The highest BCUT2D eigenvalue weighted by Crippen LogP contribution is 2.40. The zero-order valence-corrected chi connectivity index (χ0v) is 13.1. The third-order valence-corrected chi connectivity index (χ3v) is 5.28. The molecule has 20 heavy (non-hydrogen) atoms. The lowest BCUT2D eigenvalue weighted by Gasteiger charge is -2.40. The van der Waals surface area contributed by atoms with Crippen molar-refractivity contribution in [2.45, 2.75) is 57.1 Å². The van der Waals surface area contributed by atoms with Gasteiger partial charge in [-0.3, -0.25) is 4.68 Å². The number of rotatable bonds is 5. The van der Waals surface area contributed by atoms with E-state index >= 15 is 0 Å². The lowest BCUT2D eigenvalue weighted by atomic mass is 9.89. The van der Waals surface area contributed by atoms with Crippen LogP contribution in [0.25, 0.3) is 0 Å². The number of ether oxygens (including phenoxy) is 1. The van der Waals surface area contributed by atoms with Gasteiger partial charge in [-0.1, -0.05) is 6.92 Å². The van der Waals surface area contributed by atoms with Crippen molar-refractivity contribution in [2.24, 2.45) is 0 Å². The van der Waals surface area contributed by atoms with E-state index < -0.39 is 0 Å². The third-order valence-electron chi connectivity index (χ3n) is 5.28. The smallest absolute Gasteiger partial charge is 0.0807 e. The van der Waals surface area contributed by atoms with Crippen LogP contribution in [0.5, 0.6) is 0 Å². The summed E-state index contributed by atoms with van der Waals surface area (Å²) in [6.07, 6.45) is 10.1. The first-order valence-corrected chi connectivity index (χ1v) is 7.91. The molecule has 1 saturated carbocycles. The highest BCUT2D eigenvalue weighted by atomic mass is 16.5. The van der Waals surface area contributed by atoms with E-state index in [1.165, 1.54) is 31.2 Å². The fourth-order valence-corrected chi connectivity index (χ4v) is 3.23. The maximum absolute atomic E-state index is 5.65. The topological polar surface area (TPSA) is 30.3 Å². The van der Waals surface area contributed by atoms with Crippen LogP contribution in [-0.4, -0.2) is 47.0 Å². The van der Waals surface area contributed by atoms with Crippen LogP contribution in [0.1, 0.15) is 45.1 Å². The van der Waals surface area contributed by atoms with Crippen LogP contribution in [0, 0.1) is 0 Å². The quantitative estimate of drug-likeness (QED) is 0.828. The standard InChI is InChI=1S/C16H27N3O/c1-4-14-11-17-19(12-14)15(2)7-9-18(10-8-15)13-16(20-3)5-6-16/h11-12H,4-10,13H2,1-3H3. The lowest BCUT2D eigenvalue weighted by molar-refractivity contribution is 0.0214. The van der Waals surface area contributed by atoms with Gasteiger partial charge in [0.25, 0.3) is 0 Å². The molecule has 0 atom stereocenters. The molecule has 3 rings (SSSR count). The first-order valence-electron chi connectivity index (χ1n) is 7.91. The minimum absolute atomic E-state index is 0.188. The van der Waals surface area contributed by atoms with Crippen LogP contribution in [0.4, 0.5) is 0 Å². The predicted molar refractivity (Wildman–Crippen MR) is 79.9 cm³/mol. The van der Waals surface area contributed by atoms with Crippen LogP contribution in [0.15, 0.2) is 12.4 Å². The van der Waals surface area contributed by atoms with E-state index in [0.29, 0.717) is 0 Å². The summed E-state index contributed by atoms with van der Waals surface area (Å²) in [5, 5.41) is 4.58. The Kier molecular flexibility index (Phi) is 3.63. The van der Waals surface area contributed by atoms with E-state index in [1.54, 1.807) is 0 Å². The maximum Gasteiger partial charge on any atom is 0.0807 e. The van der Waals surface area contributed by atoms with E-state index in [-0.39, 0.29) is 11.1 Å². The van der Waals surface area contributed by atoms with Crippen LogP contribution >= 0.6 is 0 Å². The number of hydrogen-bond donors (Lipinski definition) is 0. The van der Waals surface area contributed by atoms with Crippen molar-refractivity contribution in [2.75, 3.05) is 26.7 Å². The second kappa shape index (κ2) is 5.15. The SMILES string of the molecule is CCc1cnn(C2(C)CCN(CC3(OC)CC3)CC2)c1. The molecule has 0 radical (unpaired) electrons. The van der Waals surface area contributed by atoms with Crippen molar-refractivity contribution in [3.05, 3.63) is 18.0 Å². The Balaban J connectivity index is 1.59. The van der Waals surface area contributed by atoms with Crippen LogP contribution in [-0.2, 0) is 16.7 Å². The molecule has 4 heteroatoms. The molecule has 1 aromatic rings. The molecule has 2 fully saturated rings. The summed E-state index contributed by atoms with van der Waals surface area (Å²) in [4.78, 5) is 2.57. The van der Waals surface area contributed by atoms with E-state index in [1.807, 2.05) is 13.3 Å². The highest BCUT2D eigenvalue weighted by molar-refractivity contribution is 5.06. The van der Waals surface area contributed by atoms with Gasteiger partial charge < -0.3 is 9.64 Å². The van der Waals surface area contributed by atoms with Crippen molar-refractivity contribution < 1.29 is 4.74 Å². The number of hydrogen-bond acceptors (Lipinski definition) is 3. The highest BCUT2D eigenvalue weighted by Gasteiger charge is 2.45. The van der Waals surface area contributed by atoms with Gasteiger partial charge in [-0.05, 0) is 44.6 Å². The summed E-state index contributed by atoms with van der Waals surface area (Å²) in [6, 6.07) is 0. The number of aryl methyl sites for hydroxylation is 1. The van der Waals surface area contributed by atoms with E-state index in [9.17, 15) is 0 Å². The van der Waals surface area contributed by atoms with E-state index in [2.05, 4.69) is 34.7 Å². The van der Waals surface area contributed by atoms with Gasteiger partial charge in [0.15, 0.2) is 0 Å². The second-order valence-electron chi connectivity index (χ2n) is 6.81. The summed E-state index contributed by atoms with van der Waals surface area (Å²) in [5.74, 6) is 0. The van der Waals surface area contributed by atoms with Crippen LogP contribution < -0.4 is 0 Å². The predicted octanol–water partition coefficient (Wildman–Crippen LogP) is 2.44. The van der Waals surface area contributed by atoms with Gasteiger partial charge in [-0.2, -0.15) is 5.10 Å². The van der Waals surface area contributed by atoms with Crippen molar-refractivity contribution in [3.63, 3.8) is 0 Å². The molecule has 1 saturated heterocycles. The molecule has 0 unspecified atom stereocenters. The second-order valence-corrected chi connectivity index (χ2v) is 6.81. The molecule has 0 amide bonds. The molecule has 112 valence electrons. The zero-order valence-electron chi connectivity index (χ0n) is 13.1. The molecule has 0 aromatic carbocycles. The molecule has 4 nitrogen and oxygen atoms in total. The number of nitrogens with zero attached hydrogens (tertiary/aromatic N) is 3. The largest absolute Gasteiger partial charge is 0.377 e. The van der Waals surface area contributed by atoms with Crippen molar-refractivity contribution >= 4 is 0 Å². The Morgan fingerprint density at radius 3 is 2.45 bits per heavy atom. The fraction of sp³-hybridized carbons (Fsp3) is 0.812. The summed E-state index contributed by atoms with van der Waals surface area (Å²) in [6.45, 7) is 7.96. The molecule has 1 aromatic heterocycles. The fourth-order valence-electron chi connectivity index (χ4n) is 3.23. The molecule has 1 aliphatic heterocycles. The summed E-state index contributed by atoms with van der Waals surface area (Å²) >= 11 is 0. The number of piperidine rings is 1. The molecule has 0 spiro atoms. The summed E-state index contributed by atoms with van der Waals surface area (Å²) < 4.78 is 7.85. The summed E-state index contributed by atoms with van der Waals surface area (Å²) in [7, 11) is 1.86. The lowest BCUT2D eigenvalue weighted by Crippen LogP contribution is -2.47. The molecule has 0 N–H and O–H groups in total. The monoisotopic (exact) mass is 277 g/mol. The minimum atomic E-state index is 0.188. The normalized spacial score (nSPS) is 24.8. The van der Waals surface area contributed by atoms with Gasteiger partial charge >= 0.3 is 0 Å². The van der Waals surface area contributed by atoms with Crippen molar-refractivity contribution in [1.29, 1.82) is 0 Å². The molecule has 0 bridgehead atoms. The van der Waals surface area contributed by atoms with Gasteiger partial charge in [-0.25, -0.2) is 0 Å². The van der Waals surface area contributed by atoms with E-state index in [0.717, 1.165) is 26.1 Å². The Bertz CT molecular complexity index is 456.